The van der Waals surface area contributed by atoms with Gasteiger partial charge in [0, 0.05) is 12.6 Å². The molecule has 3 fully saturated rings. The first kappa shape index (κ1) is 22.0. The Balaban J connectivity index is 1.39. The molecule has 33 heavy (non-hydrogen) atoms. The van der Waals surface area contributed by atoms with Crippen molar-refractivity contribution < 1.29 is 29.6 Å². The molecule has 0 saturated heterocycles. The third-order valence-electron chi connectivity index (χ3n) is 8.20. The summed E-state index contributed by atoms with van der Waals surface area (Å²) in [7, 11) is 1.63. The summed E-state index contributed by atoms with van der Waals surface area (Å²) in [5.41, 5.74) is -1.15. The van der Waals surface area contributed by atoms with Crippen molar-refractivity contribution in [1.29, 1.82) is 0 Å². The average Bonchev–Trinajstić information content (AvgIpc) is 2.79. The summed E-state index contributed by atoms with van der Waals surface area (Å²) >= 11 is 0. The first-order valence-electron chi connectivity index (χ1n) is 11.5. The first-order valence-corrected chi connectivity index (χ1v) is 11.5. The number of benzene rings is 2. The normalized spacial score (nSPS) is 30.8. The van der Waals surface area contributed by atoms with E-state index in [4.69, 9.17) is 9.47 Å². The van der Waals surface area contributed by atoms with Crippen LogP contribution in [-0.4, -0.2) is 58.0 Å². The minimum atomic E-state index is -1.42. The number of rotatable bonds is 5. The molecule has 2 bridgehead atoms. The molecule has 5 atom stereocenters. The largest absolute Gasteiger partial charge is 0.507 e. The van der Waals surface area contributed by atoms with Gasteiger partial charge < -0.3 is 29.7 Å². The molecule has 3 N–H and O–H groups in total. The molecule has 6 rings (SSSR count). The molecule has 7 heteroatoms. The number of likely N-dealkylation sites (N-methyl/N-ethyl adjacent to an activating group) is 1. The molecule has 1 amide bonds. The Labute approximate surface area is 193 Å². The van der Waals surface area contributed by atoms with Gasteiger partial charge in [-0.25, -0.2) is 0 Å². The van der Waals surface area contributed by atoms with Gasteiger partial charge in [-0.3, -0.25) is 4.79 Å². The van der Waals surface area contributed by atoms with Crippen LogP contribution < -0.4 is 9.47 Å². The van der Waals surface area contributed by atoms with Crippen LogP contribution in [0.3, 0.4) is 0 Å². The van der Waals surface area contributed by atoms with E-state index in [1.54, 1.807) is 7.05 Å². The van der Waals surface area contributed by atoms with Crippen LogP contribution in [0.25, 0.3) is 0 Å². The Morgan fingerprint density at radius 1 is 1.18 bits per heavy atom. The summed E-state index contributed by atoms with van der Waals surface area (Å²) in [5, 5.41) is 33.5. The van der Waals surface area contributed by atoms with E-state index in [0.29, 0.717) is 30.2 Å². The van der Waals surface area contributed by atoms with Gasteiger partial charge in [0.25, 0.3) is 5.91 Å². The molecule has 4 aliphatic rings. The van der Waals surface area contributed by atoms with Crippen LogP contribution >= 0.6 is 0 Å². The zero-order valence-electron chi connectivity index (χ0n) is 19.2. The number of hydrogen-bond donors (Lipinski definition) is 3. The standard InChI is InChI=1S/C26H31NO6/c1-25(2)15-13-19(25)26(31)20(14-15)33-22-17(23(26)29)9-10-18(28)21(22)24(30)27(3)11-12-32-16-7-5-4-6-8-16/h4-10,15,19-20,23,28-29,31H,11-14H2,1-3H3/t15-,19-,20-,23+,26-/m1/s1. The number of phenolic OH excluding ortho intramolecular Hbond substituents is 1. The van der Waals surface area contributed by atoms with E-state index in [-0.39, 0.29) is 35.0 Å². The monoisotopic (exact) mass is 453 g/mol. The van der Waals surface area contributed by atoms with Crippen molar-refractivity contribution in [3.63, 3.8) is 0 Å². The van der Waals surface area contributed by atoms with Gasteiger partial charge in [-0.15, -0.1) is 0 Å². The Kier molecular flexibility index (Phi) is 5.10. The number of para-hydroxylation sites is 1. The van der Waals surface area contributed by atoms with Crippen molar-refractivity contribution in [1.82, 2.24) is 4.90 Å². The molecule has 176 valence electrons. The third-order valence-corrected chi connectivity index (χ3v) is 8.20. The van der Waals surface area contributed by atoms with Gasteiger partial charge in [-0.1, -0.05) is 32.0 Å². The minimum Gasteiger partial charge on any atom is -0.507 e. The lowest BCUT2D eigenvalue weighted by Gasteiger charge is -2.67. The average molecular weight is 454 g/mol. The van der Waals surface area contributed by atoms with Crippen LogP contribution in [-0.2, 0) is 0 Å². The van der Waals surface area contributed by atoms with E-state index >= 15 is 0 Å². The lowest BCUT2D eigenvalue weighted by molar-refractivity contribution is -0.289. The van der Waals surface area contributed by atoms with Crippen molar-refractivity contribution in [3.8, 4) is 17.2 Å². The van der Waals surface area contributed by atoms with E-state index in [0.717, 1.165) is 6.42 Å². The number of carbonyl (C=O) groups is 1. The summed E-state index contributed by atoms with van der Waals surface area (Å²) in [5.74, 6) is 0.520. The predicted molar refractivity (Wildman–Crippen MR) is 121 cm³/mol. The zero-order chi connectivity index (χ0) is 23.5. The van der Waals surface area contributed by atoms with Crippen molar-refractivity contribution in [2.45, 2.75) is 44.5 Å². The van der Waals surface area contributed by atoms with Gasteiger partial charge in [0.2, 0.25) is 0 Å². The molecule has 1 heterocycles. The lowest BCUT2D eigenvalue weighted by Crippen LogP contribution is -2.72. The van der Waals surface area contributed by atoms with Crippen molar-refractivity contribution >= 4 is 5.91 Å². The van der Waals surface area contributed by atoms with Crippen molar-refractivity contribution in [2.75, 3.05) is 20.2 Å². The van der Waals surface area contributed by atoms with Crippen LogP contribution in [0.5, 0.6) is 17.2 Å². The molecular formula is C26H31NO6. The highest BCUT2D eigenvalue weighted by Crippen LogP contribution is 2.67. The van der Waals surface area contributed by atoms with Crippen molar-refractivity contribution in [3.05, 3.63) is 53.6 Å². The van der Waals surface area contributed by atoms with E-state index in [1.807, 2.05) is 30.3 Å². The van der Waals surface area contributed by atoms with Gasteiger partial charge >= 0.3 is 0 Å². The number of nitrogens with zero attached hydrogens (tertiary/aromatic N) is 1. The minimum absolute atomic E-state index is 0.00863. The zero-order valence-corrected chi connectivity index (χ0v) is 19.2. The highest BCUT2D eigenvalue weighted by molar-refractivity contribution is 6.00. The maximum absolute atomic E-state index is 13.3. The Morgan fingerprint density at radius 2 is 1.91 bits per heavy atom. The van der Waals surface area contributed by atoms with Gasteiger partial charge in [0.05, 0.1) is 6.54 Å². The number of aliphatic hydroxyl groups is 2. The van der Waals surface area contributed by atoms with E-state index in [2.05, 4.69) is 13.8 Å². The number of carbonyl (C=O) groups excluding carboxylic acids is 1. The van der Waals surface area contributed by atoms with Gasteiger partial charge in [-0.2, -0.15) is 0 Å². The number of fused-ring (bicyclic) bond motifs is 1. The molecular weight excluding hydrogens is 422 g/mol. The quantitative estimate of drug-likeness (QED) is 0.643. The molecule has 0 unspecified atom stereocenters. The summed E-state index contributed by atoms with van der Waals surface area (Å²) in [6.07, 6.45) is -0.378. The van der Waals surface area contributed by atoms with Gasteiger partial charge in [0.15, 0.2) is 0 Å². The maximum atomic E-state index is 13.3. The highest BCUT2D eigenvalue weighted by Gasteiger charge is 2.69. The number of ether oxygens (including phenoxy) is 2. The molecule has 2 aromatic carbocycles. The molecule has 7 nitrogen and oxygen atoms in total. The smallest absolute Gasteiger partial charge is 0.261 e. The molecule has 0 aromatic heterocycles. The molecule has 3 saturated carbocycles. The lowest BCUT2D eigenvalue weighted by atomic mass is 9.42. The second-order valence-electron chi connectivity index (χ2n) is 10.2. The number of aromatic hydroxyl groups is 1. The first-order chi connectivity index (χ1) is 15.7. The second kappa shape index (κ2) is 7.64. The van der Waals surface area contributed by atoms with Crippen LogP contribution in [0.1, 0.15) is 48.7 Å². The summed E-state index contributed by atoms with van der Waals surface area (Å²) in [6.45, 7) is 4.83. The molecule has 2 aromatic rings. The Morgan fingerprint density at radius 3 is 2.61 bits per heavy atom. The fraction of sp³-hybridized carbons (Fsp3) is 0.500. The van der Waals surface area contributed by atoms with Crippen LogP contribution in [0.2, 0.25) is 0 Å². The Hall–Kier alpha value is -2.77. The second-order valence-corrected chi connectivity index (χ2v) is 10.2. The summed E-state index contributed by atoms with van der Waals surface area (Å²) < 4.78 is 11.9. The predicted octanol–water partition coefficient (Wildman–Crippen LogP) is 3.13. The fourth-order valence-electron chi connectivity index (χ4n) is 6.02. The van der Waals surface area contributed by atoms with Gasteiger partial charge in [0.1, 0.15) is 47.2 Å². The van der Waals surface area contributed by atoms with E-state index in [1.165, 1.54) is 17.0 Å². The summed E-state index contributed by atoms with van der Waals surface area (Å²) in [6, 6.07) is 12.2. The molecule has 0 radical (unpaired) electrons. The topological polar surface area (TPSA) is 99.5 Å². The highest BCUT2D eigenvalue weighted by atomic mass is 16.5. The Bertz CT molecular complexity index is 1070. The molecule has 0 spiro atoms. The number of phenols is 1. The molecule has 1 aliphatic heterocycles. The third kappa shape index (κ3) is 3.21. The SMILES string of the molecule is CN(CCOc1ccccc1)C(=O)c1c(O)ccc2c1O[C@@H]1C[C@H]3C[C@H](C3(C)C)[C@]1(O)[C@H]2O. The molecule has 3 aliphatic carbocycles. The summed E-state index contributed by atoms with van der Waals surface area (Å²) in [4.78, 5) is 14.7. The van der Waals surface area contributed by atoms with E-state index < -0.39 is 23.7 Å². The van der Waals surface area contributed by atoms with Crippen LogP contribution in [0, 0.1) is 17.3 Å². The maximum Gasteiger partial charge on any atom is 0.261 e. The number of aliphatic hydroxyl groups excluding tert-OH is 1. The van der Waals surface area contributed by atoms with Gasteiger partial charge in [-0.05, 0) is 54.4 Å². The number of hydrogen-bond acceptors (Lipinski definition) is 6. The fourth-order valence-corrected chi connectivity index (χ4v) is 6.02. The van der Waals surface area contributed by atoms with Crippen LogP contribution in [0.15, 0.2) is 42.5 Å². The van der Waals surface area contributed by atoms with Crippen LogP contribution in [0.4, 0.5) is 0 Å². The van der Waals surface area contributed by atoms with E-state index in [9.17, 15) is 20.1 Å². The number of amides is 1. The van der Waals surface area contributed by atoms with Crippen molar-refractivity contribution in [2.24, 2.45) is 17.3 Å².